The standard InChI is InChI=1S/C21H33N5O/c1-7-22-21(24-14-20-16(3)25-26(5)17(20)4)23-13-12-15(2)18-8-10-19(27-6)11-9-18/h8-11,15H,7,12-14H2,1-6H3,(H2,22,23,24). The number of benzene rings is 1. The minimum atomic E-state index is 0.467. The summed E-state index contributed by atoms with van der Waals surface area (Å²) in [6.07, 6.45) is 1.03. The molecule has 0 saturated heterocycles. The van der Waals surface area contributed by atoms with Crippen LogP contribution in [0.3, 0.4) is 0 Å². The van der Waals surface area contributed by atoms with Crippen molar-refractivity contribution in [1.82, 2.24) is 20.4 Å². The molecule has 2 N–H and O–H groups in total. The van der Waals surface area contributed by atoms with Crippen LogP contribution in [-0.2, 0) is 13.6 Å². The van der Waals surface area contributed by atoms with Crippen molar-refractivity contribution in [3.05, 3.63) is 46.8 Å². The molecule has 1 heterocycles. The Morgan fingerprint density at radius 2 is 1.93 bits per heavy atom. The molecule has 1 atom stereocenters. The second-order valence-corrected chi connectivity index (χ2v) is 6.86. The Hall–Kier alpha value is -2.50. The molecule has 0 radical (unpaired) electrons. The monoisotopic (exact) mass is 371 g/mol. The van der Waals surface area contributed by atoms with Crippen LogP contribution in [0.1, 0.15) is 48.7 Å². The van der Waals surface area contributed by atoms with Gasteiger partial charge in [0.1, 0.15) is 5.75 Å². The van der Waals surface area contributed by atoms with Crippen molar-refractivity contribution < 1.29 is 4.74 Å². The summed E-state index contributed by atoms with van der Waals surface area (Å²) in [5.41, 5.74) is 4.73. The number of hydrogen-bond acceptors (Lipinski definition) is 3. The van der Waals surface area contributed by atoms with Crippen molar-refractivity contribution in [2.24, 2.45) is 12.0 Å². The molecule has 0 aliphatic rings. The first kappa shape index (κ1) is 20.8. The molecule has 27 heavy (non-hydrogen) atoms. The lowest BCUT2D eigenvalue weighted by molar-refractivity contribution is 0.414. The molecule has 0 aliphatic heterocycles. The third-order valence-electron chi connectivity index (χ3n) is 4.95. The number of aryl methyl sites for hydroxylation is 2. The van der Waals surface area contributed by atoms with Gasteiger partial charge < -0.3 is 15.4 Å². The van der Waals surface area contributed by atoms with Crippen LogP contribution in [-0.4, -0.2) is 35.9 Å². The number of rotatable bonds is 8. The maximum atomic E-state index is 5.23. The molecular formula is C21H33N5O. The van der Waals surface area contributed by atoms with E-state index >= 15 is 0 Å². The number of aromatic nitrogens is 2. The minimum Gasteiger partial charge on any atom is -0.497 e. The minimum absolute atomic E-state index is 0.467. The van der Waals surface area contributed by atoms with E-state index in [4.69, 9.17) is 9.73 Å². The van der Waals surface area contributed by atoms with E-state index in [9.17, 15) is 0 Å². The van der Waals surface area contributed by atoms with Gasteiger partial charge in [0.2, 0.25) is 0 Å². The zero-order valence-electron chi connectivity index (χ0n) is 17.5. The van der Waals surface area contributed by atoms with Crippen LogP contribution in [0, 0.1) is 13.8 Å². The number of hydrogen-bond donors (Lipinski definition) is 2. The lowest BCUT2D eigenvalue weighted by Gasteiger charge is -2.15. The van der Waals surface area contributed by atoms with Crippen LogP contribution in [0.5, 0.6) is 5.75 Å². The molecule has 0 aliphatic carbocycles. The van der Waals surface area contributed by atoms with Crippen LogP contribution < -0.4 is 15.4 Å². The highest BCUT2D eigenvalue weighted by Crippen LogP contribution is 2.21. The smallest absolute Gasteiger partial charge is 0.191 e. The Kier molecular flexibility index (Phi) is 7.70. The van der Waals surface area contributed by atoms with Crippen LogP contribution in [0.15, 0.2) is 29.3 Å². The van der Waals surface area contributed by atoms with E-state index in [0.717, 1.165) is 36.9 Å². The zero-order valence-corrected chi connectivity index (χ0v) is 17.5. The number of nitrogens with one attached hydrogen (secondary N) is 2. The van der Waals surface area contributed by atoms with Gasteiger partial charge in [-0.05, 0) is 50.8 Å². The Balaban J connectivity index is 1.91. The molecule has 1 aromatic heterocycles. The quantitative estimate of drug-likeness (QED) is 0.552. The van der Waals surface area contributed by atoms with Gasteiger partial charge in [0, 0.05) is 31.4 Å². The van der Waals surface area contributed by atoms with Crippen LogP contribution in [0.4, 0.5) is 0 Å². The number of ether oxygens (including phenoxy) is 1. The van der Waals surface area contributed by atoms with E-state index < -0.39 is 0 Å². The topological polar surface area (TPSA) is 63.5 Å². The Bertz CT molecular complexity index is 749. The predicted octanol–water partition coefficient (Wildman–Crippen LogP) is 3.29. The summed E-state index contributed by atoms with van der Waals surface area (Å²) in [7, 11) is 3.66. The average Bonchev–Trinajstić information content (AvgIpc) is 2.91. The number of aliphatic imine (C=N–C) groups is 1. The van der Waals surface area contributed by atoms with Gasteiger partial charge in [0.25, 0.3) is 0 Å². The molecule has 0 fully saturated rings. The normalized spacial score (nSPS) is 12.7. The summed E-state index contributed by atoms with van der Waals surface area (Å²) in [6, 6.07) is 8.31. The number of guanidine groups is 1. The molecule has 0 spiro atoms. The Morgan fingerprint density at radius 1 is 1.22 bits per heavy atom. The molecular weight excluding hydrogens is 338 g/mol. The summed E-state index contributed by atoms with van der Waals surface area (Å²) >= 11 is 0. The maximum Gasteiger partial charge on any atom is 0.191 e. The van der Waals surface area contributed by atoms with Gasteiger partial charge in [-0.25, -0.2) is 4.99 Å². The van der Waals surface area contributed by atoms with Gasteiger partial charge in [0.05, 0.1) is 19.3 Å². The van der Waals surface area contributed by atoms with Crippen LogP contribution in [0.25, 0.3) is 0 Å². The second-order valence-electron chi connectivity index (χ2n) is 6.86. The summed E-state index contributed by atoms with van der Waals surface area (Å²) in [6.45, 7) is 10.8. The molecule has 0 bridgehead atoms. The molecule has 0 amide bonds. The van der Waals surface area contributed by atoms with Crippen LogP contribution in [0.2, 0.25) is 0 Å². The highest BCUT2D eigenvalue weighted by Gasteiger charge is 2.10. The van der Waals surface area contributed by atoms with Crippen molar-refractivity contribution in [1.29, 1.82) is 0 Å². The average molecular weight is 372 g/mol. The van der Waals surface area contributed by atoms with Crippen LogP contribution >= 0.6 is 0 Å². The van der Waals surface area contributed by atoms with Crippen molar-refractivity contribution in [3.63, 3.8) is 0 Å². The Morgan fingerprint density at radius 3 is 2.48 bits per heavy atom. The molecule has 6 heteroatoms. The molecule has 1 unspecified atom stereocenters. The lowest BCUT2D eigenvalue weighted by atomic mass is 9.98. The lowest BCUT2D eigenvalue weighted by Crippen LogP contribution is -2.38. The molecule has 6 nitrogen and oxygen atoms in total. The van der Waals surface area contributed by atoms with E-state index in [1.165, 1.54) is 16.8 Å². The predicted molar refractivity (Wildman–Crippen MR) is 112 cm³/mol. The summed E-state index contributed by atoms with van der Waals surface area (Å²) < 4.78 is 7.14. The van der Waals surface area contributed by atoms with Crippen molar-refractivity contribution in [2.45, 2.75) is 46.6 Å². The van der Waals surface area contributed by atoms with Crippen molar-refractivity contribution >= 4 is 5.96 Å². The summed E-state index contributed by atoms with van der Waals surface area (Å²) in [4.78, 5) is 4.74. The SMILES string of the molecule is CCNC(=NCc1c(C)nn(C)c1C)NCCC(C)c1ccc(OC)cc1. The fourth-order valence-electron chi connectivity index (χ4n) is 3.05. The number of methoxy groups -OCH3 is 1. The van der Waals surface area contributed by atoms with E-state index in [1.807, 2.05) is 30.8 Å². The van der Waals surface area contributed by atoms with Gasteiger partial charge in [-0.3, -0.25) is 4.68 Å². The Labute approximate surface area is 163 Å². The van der Waals surface area contributed by atoms with E-state index in [0.29, 0.717) is 12.5 Å². The summed E-state index contributed by atoms with van der Waals surface area (Å²) in [5.74, 6) is 2.21. The van der Waals surface area contributed by atoms with Gasteiger partial charge >= 0.3 is 0 Å². The first-order valence-corrected chi connectivity index (χ1v) is 9.61. The highest BCUT2D eigenvalue weighted by atomic mass is 16.5. The molecule has 2 rings (SSSR count). The van der Waals surface area contributed by atoms with E-state index in [-0.39, 0.29) is 0 Å². The second kappa shape index (κ2) is 10.00. The highest BCUT2D eigenvalue weighted by molar-refractivity contribution is 5.79. The first-order chi connectivity index (χ1) is 13.0. The molecule has 2 aromatic rings. The van der Waals surface area contributed by atoms with Gasteiger partial charge in [0.15, 0.2) is 5.96 Å². The third-order valence-corrected chi connectivity index (χ3v) is 4.95. The first-order valence-electron chi connectivity index (χ1n) is 9.61. The van der Waals surface area contributed by atoms with E-state index in [2.05, 4.69) is 48.6 Å². The van der Waals surface area contributed by atoms with E-state index in [1.54, 1.807) is 7.11 Å². The molecule has 1 aromatic carbocycles. The van der Waals surface area contributed by atoms with Gasteiger partial charge in [-0.1, -0.05) is 19.1 Å². The zero-order chi connectivity index (χ0) is 19.8. The fraction of sp³-hybridized carbons (Fsp3) is 0.524. The largest absolute Gasteiger partial charge is 0.497 e. The van der Waals surface area contributed by atoms with Gasteiger partial charge in [-0.15, -0.1) is 0 Å². The van der Waals surface area contributed by atoms with Gasteiger partial charge in [-0.2, -0.15) is 5.10 Å². The maximum absolute atomic E-state index is 5.23. The van der Waals surface area contributed by atoms with Crippen molar-refractivity contribution in [3.8, 4) is 5.75 Å². The summed E-state index contributed by atoms with van der Waals surface area (Å²) in [5, 5.41) is 11.2. The molecule has 148 valence electrons. The van der Waals surface area contributed by atoms with Crippen molar-refractivity contribution in [2.75, 3.05) is 20.2 Å². The molecule has 0 saturated carbocycles. The fourth-order valence-corrected chi connectivity index (χ4v) is 3.05. The number of nitrogens with zero attached hydrogens (tertiary/aromatic N) is 3. The third kappa shape index (κ3) is 5.74.